The van der Waals surface area contributed by atoms with Crippen LogP contribution < -0.4 is 0 Å². The lowest BCUT2D eigenvalue weighted by atomic mass is 9.85. The van der Waals surface area contributed by atoms with Gasteiger partial charge in [-0.3, -0.25) is 0 Å². The van der Waals surface area contributed by atoms with E-state index in [4.69, 9.17) is 10.1 Å². The summed E-state index contributed by atoms with van der Waals surface area (Å²) in [5.74, 6) is 1.19. The lowest BCUT2D eigenvalue weighted by Gasteiger charge is -2.20. The molecule has 0 bridgehead atoms. The maximum atomic E-state index is 13.4. The van der Waals surface area contributed by atoms with Crippen molar-refractivity contribution in [2.24, 2.45) is 0 Å². The Kier molecular flexibility index (Phi) is 9.82. The third-order valence-electron chi connectivity index (χ3n) is 9.73. The van der Waals surface area contributed by atoms with E-state index in [1.54, 1.807) is 4.68 Å². The number of aryl methyl sites for hydroxylation is 3. The topological polar surface area (TPSA) is 30.7 Å². The van der Waals surface area contributed by atoms with Gasteiger partial charge in [-0.05, 0) is 129 Å². The zero-order valence-electron chi connectivity index (χ0n) is 31.7. The maximum absolute atomic E-state index is 13.4. The van der Waals surface area contributed by atoms with Crippen LogP contribution in [0.5, 0.6) is 0 Å². The zero-order valence-corrected chi connectivity index (χ0v) is 31.7. The lowest BCUT2D eigenvalue weighted by molar-refractivity contribution is -0.137. The second kappa shape index (κ2) is 13.9. The second-order valence-corrected chi connectivity index (χ2v) is 16.0. The fraction of sp³-hybridized carbons (Fsp3) is 0.304. The highest BCUT2D eigenvalue weighted by atomic mass is 19.4. The predicted octanol–water partition coefficient (Wildman–Crippen LogP) is 13.1. The first-order chi connectivity index (χ1) is 24.4. The fourth-order valence-electron chi connectivity index (χ4n) is 6.74. The summed E-state index contributed by atoms with van der Waals surface area (Å²) in [6.45, 7) is 19.6. The number of aromatic nitrogens is 3. The molecule has 6 aromatic rings. The van der Waals surface area contributed by atoms with Gasteiger partial charge in [-0.1, -0.05) is 109 Å². The van der Waals surface area contributed by atoms with Gasteiger partial charge in [0, 0.05) is 12.0 Å². The normalized spacial score (nSPS) is 12.4. The summed E-state index contributed by atoms with van der Waals surface area (Å²) < 4.78 is 41.9. The van der Waals surface area contributed by atoms with Crippen LogP contribution in [0.2, 0.25) is 0 Å². The van der Waals surface area contributed by atoms with Crippen LogP contribution in [0, 0.1) is 13.8 Å². The Labute approximate surface area is 306 Å². The number of hydrogen-bond acceptors (Lipinski definition) is 2. The maximum Gasteiger partial charge on any atom is 0.416 e. The Balaban J connectivity index is 1.47. The standard InChI is InChI=1S/C46H48F3N3/c1-10-11-41-50-43(33-16-22-40(23-17-33)46(47,48)49)52(51-41)42-29(2)24-34(25-30(42)3)37-27-35(31-12-18-38(19-13-31)44(4,5)6)26-36(28-37)32-14-20-39(21-15-32)45(7,8)9/h12-28H,10-11H2,1-9H3. The molecule has 0 aliphatic rings. The summed E-state index contributed by atoms with van der Waals surface area (Å²) in [4.78, 5) is 4.80. The molecule has 0 fully saturated rings. The molecule has 0 aliphatic heterocycles. The van der Waals surface area contributed by atoms with Crippen LogP contribution in [0.25, 0.3) is 50.5 Å². The number of rotatable bonds is 7. The van der Waals surface area contributed by atoms with Crippen molar-refractivity contribution in [1.82, 2.24) is 14.8 Å². The first kappa shape index (κ1) is 36.8. The first-order valence-electron chi connectivity index (χ1n) is 18.0. The van der Waals surface area contributed by atoms with Crippen LogP contribution >= 0.6 is 0 Å². The molecule has 0 saturated heterocycles. The predicted molar refractivity (Wildman–Crippen MR) is 209 cm³/mol. The zero-order chi connectivity index (χ0) is 37.6. The molecule has 0 unspecified atom stereocenters. The smallest absolute Gasteiger partial charge is 0.212 e. The van der Waals surface area contributed by atoms with Gasteiger partial charge >= 0.3 is 6.18 Å². The number of benzene rings is 5. The molecular formula is C46H48F3N3. The van der Waals surface area contributed by atoms with Crippen LogP contribution in [-0.4, -0.2) is 14.8 Å². The van der Waals surface area contributed by atoms with Crippen LogP contribution in [0.4, 0.5) is 13.2 Å². The Morgan fingerprint density at radius 1 is 0.519 bits per heavy atom. The highest BCUT2D eigenvalue weighted by molar-refractivity contribution is 5.82. The molecule has 0 atom stereocenters. The van der Waals surface area contributed by atoms with Gasteiger partial charge in [0.2, 0.25) is 0 Å². The van der Waals surface area contributed by atoms with E-state index in [-0.39, 0.29) is 10.8 Å². The van der Waals surface area contributed by atoms with Crippen molar-refractivity contribution in [3.8, 4) is 50.5 Å². The third-order valence-corrected chi connectivity index (χ3v) is 9.73. The molecule has 268 valence electrons. The Bertz CT molecular complexity index is 2090. The highest BCUT2D eigenvalue weighted by Gasteiger charge is 2.30. The SMILES string of the molecule is CCCc1nc(-c2ccc(C(F)(F)F)cc2)n(-c2c(C)cc(-c3cc(-c4ccc(C(C)(C)C)cc4)cc(-c4ccc(C(C)(C)C)cc4)c3)cc2C)n1. The molecule has 0 saturated carbocycles. The summed E-state index contributed by atoms with van der Waals surface area (Å²) in [6.07, 6.45) is -2.89. The third kappa shape index (κ3) is 7.77. The van der Waals surface area contributed by atoms with Gasteiger partial charge in [0.25, 0.3) is 0 Å². The van der Waals surface area contributed by atoms with E-state index < -0.39 is 11.7 Å². The molecule has 3 nitrogen and oxygen atoms in total. The van der Waals surface area contributed by atoms with Gasteiger partial charge < -0.3 is 0 Å². The van der Waals surface area contributed by atoms with E-state index in [1.165, 1.54) is 23.3 Å². The summed E-state index contributed by atoms with van der Waals surface area (Å²) in [6, 6.07) is 34.1. The van der Waals surface area contributed by atoms with E-state index in [0.29, 0.717) is 23.6 Å². The Hall–Kier alpha value is -4.97. The fourth-order valence-corrected chi connectivity index (χ4v) is 6.74. The van der Waals surface area contributed by atoms with Gasteiger partial charge in [-0.25, -0.2) is 9.67 Å². The molecule has 5 aromatic carbocycles. The summed E-state index contributed by atoms with van der Waals surface area (Å²) >= 11 is 0. The van der Waals surface area contributed by atoms with E-state index in [2.05, 4.69) is 141 Å². The molecule has 0 aliphatic carbocycles. The molecular weight excluding hydrogens is 652 g/mol. The molecule has 0 radical (unpaired) electrons. The minimum absolute atomic E-state index is 0.0604. The number of alkyl halides is 3. The molecule has 0 spiro atoms. The number of halogens is 3. The molecule has 1 aromatic heterocycles. The van der Waals surface area contributed by atoms with Gasteiger partial charge in [-0.15, -0.1) is 0 Å². The van der Waals surface area contributed by atoms with Crippen molar-refractivity contribution in [2.45, 2.75) is 92.2 Å². The van der Waals surface area contributed by atoms with Crippen molar-refractivity contribution < 1.29 is 13.2 Å². The molecule has 52 heavy (non-hydrogen) atoms. The monoisotopic (exact) mass is 699 g/mol. The van der Waals surface area contributed by atoms with E-state index in [1.807, 2.05) is 0 Å². The molecule has 1 heterocycles. The molecule has 6 heteroatoms. The van der Waals surface area contributed by atoms with Gasteiger partial charge in [0.15, 0.2) is 11.6 Å². The Morgan fingerprint density at radius 2 is 0.904 bits per heavy atom. The number of nitrogens with zero attached hydrogens (tertiary/aromatic N) is 3. The van der Waals surface area contributed by atoms with Crippen molar-refractivity contribution in [2.75, 3.05) is 0 Å². The summed E-state index contributed by atoms with van der Waals surface area (Å²) in [7, 11) is 0. The highest BCUT2D eigenvalue weighted by Crippen LogP contribution is 2.38. The van der Waals surface area contributed by atoms with Crippen molar-refractivity contribution in [3.63, 3.8) is 0 Å². The quantitative estimate of drug-likeness (QED) is 0.166. The largest absolute Gasteiger partial charge is 0.416 e. The molecule has 0 N–H and O–H groups in total. The van der Waals surface area contributed by atoms with Gasteiger partial charge in [0.05, 0.1) is 11.3 Å². The second-order valence-electron chi connectivity index (χ2n) is 16.0. The van der Waals surface area contributed by atoms with E-state index in [0.717, 1.165) is 68.7 Å². The van der Waals surface area contributed by atoms with Crippen molar-refractivity contribution in [1.29, 1.82) is 0 Å². The van der Waals surface area contributed by atoms with Gasteiger partial charge in [0.1, 0.15) is 0 Å². The van der Waals surface area contributed by atoms with E-state index in [9.17, 15) is 13.2 Å². The van der Waals surface area contributed by atoms with Crippen LogP contribution in [0.1, 0.15) is 88.5 Å². The van der Waals surface area contributed by atoms with Crippen molar-refractivity contribution >= 4 is 0 Å². The molecule has 6 rings (SSSR count). The van der Waals surface area contributed by atoms with Crippen LogP contribution in [0.3, 0.4) is 0 Å². The van der Waals surface area contributed by atoms with Crippen LogP contribution in [-0.2, 0) is 23.4 Å². The average molecular weight is 700 g/mol. The number of hydrogen-bond donors (Lipinski definition) is 0. The average Bonchev–Trinajstić information content (AvgIpc) is 3.50. The van der Waals surface area contributed by atoms with E-state index >= 15 is 0 Å². The minimum Gasteiger partial charge on any atom is -0.212 e. The Morgan fingerprint density at radius 3 is 1.31 bits per heavy atom. The van der Waals surface area contributed by atoms with Crippen molar-refractivity contribution in [3.05, 3.63) is 137 Å². The lowest BCUT2D eigenvalue weighted by Crippen LogP contribution is -2.10. The minimum atomic E-state index is -4.41. The van der Waals surface area contributed by atoms with Gasteiger partial charge in [-0.2, -0.15) is 18.3 Å². The van der Waals surface area contributed by atoms with Crippen LogP contribution in [0.15, 0.2) is 103 Å². The summed E-state index contributed by atoms with van der Waals surface area (Å²) in [5.41, 5.74) is 12.2. The summed E-state index contributed by atoms with van der Waals surface area (Å²) in [5, 5.41) is 4.88. The first-order valence-corrected chi connectivity index (χ1v) is 18.0. The molecule has 0 amide bonds.